The van der Waals surface area contributed by atoms with Gasteiger partial charge in [-0.3, -0.25) is 0 Å². The van der Waals surface area contributed by atoms with Crippen LogP contribution in [-0.4, -0.2) is 0 Å². The highest BCUT2D eigenvalue weighted by Gasteiger charge is 2.65. The average Bonchev–Trinajstić information content (AvgIpc) is 2.77. The number of hydrogen-bond donors (Lipinski definition) is 0. The lowest BCUT2D eigenvalue weighted by atomic mass is 9.76. The standard InChI is InChI=1S/C27H26F6/c1-3-5-7-18-12-13-20-21-15-14-19(17-10-8-16(6-4-2)9-11-17)25(29)23(21)27(32,33)26(30,31)22(20)24(18)28/h3,8,12-15,17H,1,4-7,9-11H2,2H3. The summed E-state index contributed by atoms with van der Waals surface area (Å²) < 4.78 is 91.2. The molecule has 6 heteroatoms. The topological polar surface area (TPSA) is 0 Å². The van der Waals surface area contributed by atoms with Crippen molar-refractivity contribution in [3.63, 3.8) is 0 Å². The number of hydrogen-bond acceptors (Lipinski definition) is 0. The quantitative estimate of drug-likeness (QED) is 0.296. The van der Waals surface area contributed by atoms with Gasteiger partial charge in [-0.2, -0.15) is 17.6 Å². The molecule has 176 valence electrons. The van der Waals surface area contributed by atoms with Crippen LogP contribution in [0.15, 0.2) is 48.6 Å². The third-order valence-electron chi connectivity index (χ3n) is 6.84. The van der Waals surface area contributed by atoms with Gasteiger partial charge in [0, 0.05) is 0 Å². The zero-order valence-electron chi connectivity index (χ0n) is 18.5. The van der Waals surface area contributed by atoms with Crippen molar-refractivity contribution in [2.45, 2.75) is 69.6 Å². The largest absolute Gasteiger partial charge is 0.343 e. The smallest absolute Gasteiger partial charge is 0.206 e. The van der Waals surface area contributed by atoms with Crippen LogP contribution in [0.2, 0.25) is 0 Å². The van der Waals surface area contributed by atoms with E-state index in [-0.39, 0.29) is 34.6 Å². The predicted molar refractivity (Wildman–Crippen MR) is 118 cm³/mol. The van der Waals surface area contributed by atoms with Gasteiger partial charge < -0.3 is 0 Å². The highest BCUT2D eigenvalue weighted by atomic mass is 19.3. The number of benzene rings is 2. The summed E-state index contributed by atoms with van der Waals surface area (Å²) in [4.78, 5) is 0. The van der Waals surface area contributed by atoms with Gasteiger partial charge in [-0.1, -0.05) is 55.3 Å². The molecule has 0 spiro atoms. The highest BCUT2D eigenvalue weighted by Crippen LogP contribution is 2.60. The molecule has 0 radical (unpaired) electrons. The Balaban J connectivity index is 1.85. The summed E-state index contributed by atoms with van der Waals surface area (Å²) in [6.07, 6.45) is 7.54. The van der Waals surface area contributed by atoms with E-state index in [1.807, 2.05) is 6.08 Å². The van der Waals surface area contributed by atoms with Gasteiger partial charge in [-0.25, -0.2) is 8.78 Å². The van der Waals surface area contributed by atoms with E-state index in [0.717, 1.165) is 19.3 Å². The Morgan fingerprint density at radius 3 is 2.15 bits per heavy atom. The normalized spacial score (nSPS) is 20.6. The SMILES string of the molecule is C=CCCc1ccc2c(c1F)C(F)(F)C(F)(F)c1c-2ccc(C2CC=C(CCC)CC2)c1F. The summed E-state index contributed by atoms with van der Waals surface area (Å²) in [6, 6.07) is 5.13. The molecular formula is C27H26F6. The number of fused-ring (bicyclic) bond motifs is 3. The number of allylic oxidation sites excluding steroid dienone is 3. The molecule has 0 N–H and O–H groups in total. The summed E-state index contributed by atoms with van der Waals surface area (Å²) in [6.45, 7) is 5.57. The Kier molecular flexibility index (Phi) is 6.23. The first-order chi connectivity index (χ1) is 15.6. The van der Waals surface area contributed by atoms with Gasteiger partial charge in [0.25, 0.3) is 0 Å². The minimum absolute atomic E-state index is 0.0162. The minimum Gasteiger partial charge on any atom is -0.206 e. The summed E-state index contributed by atoms with van der Waals surface area (Å²) in [5, 5.41) is 0. The summed E-state index contributed by atoms with van der Waals surface area (Å²) >= 11 is 0. The number of halogens is 6. The predicted octanol–water partition coefficient (Wildman–Crippen LogP) is 8.94. The van der Waals surface area contributed by atoms with Gasteiger partial charge >= 0.3 is 11.8 Å². The second kappa shape index (κ2) is 8.69. The number of alkyl halides is 4. The molecule has 2 aromatic carbocycles. The average molecular weight is 464 g/mol. The lowest BCUT2D eigenvalue weighted by molar-refractivity contribution is -0.227. The first-order valence-corrected chi connectivity index (χ1v) is 11.3. The number of aryl methyl sites for hydroxylation is 1. The lowest BCUT2D eigenvalue weighted by Gasteiger charge is -2.36. The summed E-state index contributed by atoms with van der Waals surface area (Å²) in [5.41, 5.74) is -2.29. The zero-order chi connectivity index (χ0) is 24.0. The molecule has 2 aromatic rings. The minimum atomic E-state index is -4.89. The van der Waals surface area contributed by atoms with E-state index in [4.69, 9.17) is 0 Å². The molecule has 0 amide bonds. The molecule has 4 rings (SSSR count). The van der Waals surface area contributed by atoms with Crippen LogP contribution in [0.1, 0.15) is 73.6 Å². The first-order valence-electron chi connectivity index (χ1n) is 11.3. The fraction of sp³-hybridized carbons (Fsp3) is 0.407. The Labute approximate surface area is 190 Å². The molecule has 0 aromatic heterocycles. The van der Waals surface area contributed by atoms with Crippen LogP contribution < -0.4 is 0 Å². The fourth-order valence-corrected chi connectivity index (χ4v) is 5.07. The van der Waals surface area contributed by atoms with E-state index >= 15 is 26.3 Å². The maximum absolute atomic E-state index is 15.5. The molecule has 0 nitrogen and oxygen atoms in total. The lowest BCUT2D eigenvalue weighted by Crippen LogP contribution is -2.41. The Hall–Kier alpha value is -2.50. The Morgan fingerprint density at radius 2 is 1.58 bits per heavy atom. The molecule has 0 heterocycles. The molecule has 1 atom stereocenters. The van der Waals surface area contributed by atoms with Crippen molar-refractivity contribution < 1.29 is 26.3 Å². The van der Waals surface area contributed by atoms with Crippen molar-refractivity contribution in [3.8, 4) is 11.1 Å². The van der Waals surface area contributed by atoms with E-state index in [1.165, 1.54) is 35.9 Å². The van der Waals surface area contributed by atoms with E-state index in [2.05, 4.69) is 13.5 Å². The second-order valence-corrected chi connectivity index (χ2v) is 8.91. The maximum Gasteiger partial charge on any atom is 0.343 e. The van der Waals surface area contributed by atoms with E-state index < -0.39 is 34.6 Å². The second-order valence-electron chi connectivity index (χ2n) is 8.91. The van der Waals surface area contributed by atoms with E-state index in [9.17, 15) is 0 Å². The van der Waals surface area contributed by atoms with Gasteiger partial charge in [0.15, 0.2) is 0 Å². The first kappa shape index (κ1) is 23.7. The summed E-state index contributed by atoms with van der Waals surface area (Å²) in [7, 11) is 0. The van der Waals surface area contributed by atoms with Gasteiger partial charge in [-0.15, -0.1) is 6.58 Å². The van der Waals surface area contributed by atoms with Crippen molar-refractivity contribution >= 4 is 0 Å². The van der Waals surface area contributed by atoms with E-state index in [0.29, 0.717) is 19.3 Å². The van der Waals surface area contributed by atoms with Crippen molar-refractivity contribution in [3.05, 3.63) is 82.5 Å². The molecule has 0 aliphatic heterocycles. The van der Waals surface area contributed by atoms with Crippen LogP contribution in [0.5, 0.6) is 0 Å². The molecule has 0 bridgehead atoms. The van der Waals surface area contributed by atoms with Crippen LogP contribution in [0.3, 0.4) is 0 Å². The Morgan fingerprint density at radius 1 is 0.939 bits per heavy atom. The van der Waals surface area contributed by atoms with Crippen molar-refractivity contribution in [1.29, 1.82) is 0 Å². The van der Waals surface area contributed by atoms with Crippen molar-refractivity contribution in [1.82, 2.24) is 0 Å². The van der Waals surface area contributed by atoms with Gasteiger partial charge in [-0.05, 0) is 66.7 Å². The van der Waals surface area contributed by atoms with Crippen LogP contribution in [0.25, 0.3) is 11.1 Å². The molecule has 0 fully saturated rings. The van der Waals surface area contributed by atoms with E-state index in [1.54, 1.807) is 0 Å². The van der Waals surface area contributed by atoms with Gasteiger partial charge in [0.05, 0.1) is 11.1 Å². The fourth-order valence-electron chi connectivity index (χ4n) is 5.07. The zero-order valence-corrected chi connectivity index (χ0v) is 18.5. The molecule has 2 aliphatic carbocycles. The van der Waals surface area contributed by atoms with Crippen molar-refractivity contribution in [2.75, 3.05) is 0 Å². The third kappa shape index (κ3) is 3.71. The van der Waals surface area contributed by atoms with Crippen LogP contribution >= 0.6 is 0 Å². The summed E-state index contributed by atoms with van der Waals surface area (Å²) in [5.74, 6) is -12.8. The molecule has 0 saturated heterocycles. The van der Waals surface area contributed by atoms with Crippen LogP contribution in [0, 0.1) is 11.6 Å². The van der Waals surface area contributed by atoms with Crippen molar-refractivity contribution in [2.24, 2.45) is 0 Å². The van der Waals surface area contributed by atoms with Gasteiger partial charge in [0.2, 0.25) is 0 Å². The highest BCUT2D eigenvalue weighted by molar-refractivity contribution is 5.77. The molecule has 33 heavy (non-hydrogen) atoms. The molecular weight excluding hydrogens is 438 g/mol. The maximum atomic E-state index is 15.5. The van der Waals surface area contributed by atoms with Crippen LogP contribution in [0.4, 0.5) is 26.3 Å². The molecule has 1 unspecified atom stereocenters. The van der Waals surface area contributed by atoms with Gasteiger partial charge in [0.1, 0.15) is 11.6 Å². The molecule has 0 saturated carbocycles. The number of rotatable bonds is 6. The monoisotopic (exact) mass is 464 g/mol. The Bertz CT molecular complexity index is 1110. The van der Waals surface area contributed by atoms with Crippen LogP contribution in [-0.2, 0) is 18.3 Å². The molecule has 2 aliphatic rings. The third-order valence-corrected chi connectivity index (χ3v) is 6.84.